The molecule has 1 saturated heterocycles. The summed E-state index contributed by atoms with van der Waals surface area (Å²) in [5.74, 6) is -0.974. The number of aryl methyl sites for hydroxylation is 1. The molecule has 2 atom stereocenters. The van der Waals surface area contributed by atoms with Crippen LogP contribution < -0.4 is 10.6 Å². The van der Waals surface area contributed by atoms with Gasteiger partial charge in [-0.15, -0.1) is 0 Å². The molecule has 0 spiro atoms. The molecule has 0 saturated carbocycles. The molecule has 5 nitrogen and oxygen atoms in total. The van der Waals surface area contributed by atoms with Crippen LogP contribution in [0.2, 0.25) is 0 Å². The van der Waals surface area contributed by atoms with E-state index in [0.29, 0.717) is 18.8 Å². The first kappa shape index (κ1) is 15.5. The lowest BCUT2D eigenvalue weighted by Gasteiger charge is -2.32. The van der Waals surface area contributed by atoms with Crippen LogP contribution >= 0.6 is 0 Å². The van der Waals surface area contributed by atoms with Gasteiger partial charge in [-0.2, -0.15) is 0 Å². The fraction of sp³-hybridized carbons (Fsp3) is 0.500. The lowest BCUT2D eigenvalue weighted by atomic mass is 9.88. The summed E-state index contributed by atoms with van der Waals surface area (Å²) >= 11 is 0. The summed E-state index contributed by atoms with van der Waals surface area (Å²) in [7, 11) is 0. The number of hydrogen-bond donors (Lipinski definition) is 3. The summed E-state index contributed by atoms with van der Waals surface area (Å²) in [5.41, 5.74) is 1.08. The monoisotopic (exact) mass is 290 g/mol. The predicted molar refractivity (Wildman–Crippen MR) is 79.9 cm³/mol. The van der Waals surface area contributed by atoms with Crippen molar-refractivity contribution in [2.24, 2.45) is 11.8 Å². The van der Waals surface area contributed by atoms with Gasteiger partial charge in [0.1, 0.15) is 6.04 Å². The quantitative estimate of drug-likeness (QED) is 0.701. The standard InChI is InChI=1S/C16H22N2O3/c1-11(13-9-17-10-13)15(19)18-14(16(20)21)8-7-12-5-3-2-4-6-12/h2-6,11,13-14,17H,7-10H2,1H3,(H,18,19)(H,20,21)/t11?,14-/m0/s1. The van der Waals surface area contributed by atoms with Crippen molar-refractivity contribution < 1.29 is 14.7 Å². The van der Waals surface area contributed by atoms with Gasteiger partial charge in [0.05, 0.1) is 0 Å². The van der Waals surface area contributed by atoms with Gasteiger partial charge in [0.2, 0.25) is 5.91 Å². The van der Waals surface area contributed by atoms with Crippen molar-refractivity contribution in [3.05, 3.63) is 35.9 Å². The van der Waals surface area contributed by atoms with Gasteiger partial charge in [0, 0.05) is 5.92 Å². The Bertz CT molecular complexity index is 486. The lowest BCUT2D eigenvalue weighted by molar-refractivity contribution is -0.143. The Hall–Kier alpha value is -1.88. The first-order valence-corrected chi connectivity index (χ1v) is 7.35. The number of carboxylic acids is 1. The highest BCUT2D eigenvalue weighted by molar-refractivity contribution is 5.85. The molecular formula is C16H22N2O3. The smallest absolute Gasteiger partial charge is 0.326 e. The Kier molecular flexibility index (Phi) is 5.33. The van der Waals surface area contributed by atoms with E-state index in [0.717, 1.165) is 18.7 Å². The fourth-order valence-corrected chi connectivity index (χ4v) is 2.39. The van der Waals surface area contributed by atoms with Gasteiger partial charge < -0.3 is 15.7 Å². The van der Waals surface area contributed by atoms with E-state index in [1.807, 2.05) is 37.3 Å². The first-order valence-electron chi connectivity index (χ1n) is 7.35. The Morgan fingerprint density at radius 3 is 2.52 bits per heavy atom. The fourth-order valence-electron chi connectivity index (χ4n) is 2.39. The van der Waals surface area contributed by atoms with Gasteiger partial charge in [-0.25, -0.2) is 4.79 Å². The third-order valence-corrected chi connectivity index (χ3v) is 4.11. The highest BCUT2D eigenvalue weighted by atomic mass is 16.4. The minimum atomic E-state index is -0.974. The van der Waals surface area contributed by atoms with Crippen LogP contribution in [0.4, 0.5) is 0 Å². The van der Waals surface area contributed by atoms with Crippen LogP contribution in [0, 0.1) is 11.8 Å². The van der Waals surface area contributed by atoms with Gasteiger partial charge in [0.15, 0.2) is 0 Å². The summed E-state index contributed by atoms with van der Waals surface area (Å²) in [6.07, 6.45) is 1.04. The molecule has 1 aromatic carbocycles. The maximum absolute atomic E-state index is 12.1. The normalized spacial score (nSPS) is 17.6. The Morgan fingerprint density at radius 1 is 1.33 bits per heavy atom. The molecule has 1 aliphatic rings. The zero-order valence-corrected chi connectivity index (χ0v) is 12.2. The molecule has 1 amide bonds. The van der Waals surface area contributed by atoms with E-state index in [2.05, 4.69) is 10.6 Å². The topological polar surface area (TPSA) is 78.4 Å². The molecule has 0 bridgehead atoms. The molecule has 1 unspecified atom stereocenters. The number of rotatable bonds is 7. The second-order valence-electron chi connectivity index (χ2n) is 5.63. The van der Waals surface area contributed by atoms with Gasteiger partial charge >= 0.3 is 5.97 Å². The van der Waals surface area contributed by atoms with E-state index in [9.17, 15) is 14.7 Å². The maximum Gasteiger partial charge on any atom is 0.326 e. The maximum atomic E-state index is 12.1. The summed E-state index contributed by atoms with van der Waals surface area (Å²) in [6.45, 7) is 3.52. The Labute approximate surface area is 124 Å². The zero-order valence-electron chi connectivity index (χ0n) is 12.2. The SMILES string of the molecule is CC(C(=O)N[C@@H](CCc1ccccc1)C(=O)O)C1CNC1. The van der Waals surface area contributed by atoms with Crippen molar-refractivity contribution in [1.29, 1.82) is 0 Å². The van der Waals surface area contributed by atoms with E-state index < -0.39 is 12.0 Å². The van der Waals surface area contributed by atoms with Crippen LogP contribution in [0.15, 0.2) is 30.3 Å². The average Bonchev–Trinajstić information content (AvgIpc) is 2.42. The number of carbonyl (C=O) groups is 2. The number of carboxylic acid groups (broad SMARTS) is 1. The Morgan fingerprint density at radius 2 is 2.00 bits per heavy atom. The summed E-state index contributed by atoms with van der Waals surface area (Å²) in [6, 6.07) is 8.87. The van der Waals surface area contributed by atoms with Crippen molar-refractivity contribution in [3.8, 4) is 0 Å². The highest BCUT2D eigenvalue weighted by Crippen LogP contribution is 2.16. The molecular weight excluding hydrogens is 268 g/mol. The van der Waals surface area contributed by atoms with Crippen LogP contribution in [0.25, 0.3) is 0 Å². The van der Waals surface area contributed by atoms with E-state index >= 15 is 0 Å². The summed E-state index contributed by atoms with van der Waals surface area (Å²) in [5, 5.41) is 15.1. The zero-order chi connectivity index (χ0) is 15.2. The van der Waals surface area contributed by atoms with Crippen LogP contribution in [0.1, 0.15) is 18.9 Å². The Balaban J connectivity index is 1.86. The third-order valence-electron chi connectivity index (χ3n) is 4.11. The van der Waals surface area contributed by atoms with E-state index in [1.54, 1.807) is 0 Å². The van der Waals surface area contributed by atoms with Gasteiger partial charge in [-0.3, -0.25) is 4.79 Å². The number of aliphatic carboxylic acids is 1. The molecule has 2 rings (SSSR count). The van der Waals surface area contributed by atoms with E-state index in [-0.39, 0.29) is 11.8 Å². The second kappa shape index (κ2) is 7.22. The van der Waals surface area contributed by atoms with Crippen LogP contribution in [-0.2, 0) is 16.0 Å². The molecule has 1 aliphatic heterocycles. The molecule has 0 radical (unpaired) electrons. The number of nitrogens with one attached hydrogen (secondary N) is 2. The van der Waals surface area contributed by atoms with E-state index in [1.165, 1.54) is 0 Å². The largest absolute Gasteiger partial charge is 0.480 e. The molecule has 5 heteroatoms. The molecule has 1 heterocycles. The number of benzene rings is 1. The lowest BCUT2D eigenvalue weighted by Crippen LogP contribution is -2.52. The molecule has 0 aliphatic carbocycles. The van der Waals surface area contributed by atoms with Gasteiger partial charge in [0.25, 0.3) is 0 Å². The molecule has 21 heavy (non-hydrogen) atoms. The summed E-state index contributed by atoms with van der Waals surface area (Å²) < 4.78 is 0. The number of hydrogen-bond acceptors (Lipinski definition) is 3. The van der Waals surface area contributed by atoms with Crippen molar-refractivity contribution in [2.45, 2.75) is 25.8 Å². The van der Waals surface area contributed by atoms with Crippen molar-refractivity contribution in [2.75, 3.05) is 13.1 Å². The first-order chi connectivity index (χ1) is 10.1. The van der Waals surface area contributed by atoms with Gasteiger partial charge in [-0.1, -0.05) is 37.3 Å². The molecule has 1 aromatic rings. The van der Waals surface area contributed by atoms with Crippen LogP contribution in [0.3, 0.4) is 0 Å². The molecule has 1 fully saturated rings. The van der Waals surface area contributed by atoms with Crippen LogP contribution in [-0.4, -0.2) is 36.1 Å². The molecule has 3 N–H and O–H groups in total. The predicted octanol–water partition coefficient (Wildman–Crippen LogP) is 1.04. The molecule has 114 valence electrons. The molecule has 0 aromatic heterocycles. The van der Waals surface area contributed by atoms with Crippen LogP contribution in [0.5, 0.6) is 0 Å². The highest BCUT2D eigenvalue weighted by Gasteiger charge is 2.31. The minimum Gasteiger partial charge on any atom is -0.480 e. The van der Waals surface area contributed by atoms with E-state index in [4.69, 9.17) is 0 Å². The van der Waals surface area contributed by atoms with Gasteiger partial charge in [-0.05, 0) is 37.4 Å². The second-order valence-corrected chi connectivity index (χ2v) is 5.63. The van der Waals surface area contributed by atoms with Crippen molar-refractivity contribution in [3.63, 3.8) is 0 Å². The minimum absolute atomic E-state index is 0.148. The average molecular weight is 290 g/mol. The van der Waals surface area contributed by atoms with Crippen molar-refractivity contribution in [1.82, 2.24) is 10.6 Å². The number of carbonyl (C=O) groups excluding carboxylic acids is 1. The summed E-state index contributed by atoms with van der Waals surface area (Å²) in [4.78, 5) is 23.4. The third kappa shape index (κ3) is 4.29. The van der Waals surface area contributed by atoms with Crippen molar-refractivity contribution >= 4 is 11.9 Å². The number of amides is 1.